The van der Waals surface area contributed by atoms with Crippen molar-refractivity contribution in [1.82, 2.24) is 4.90 Å². The second kappa shape index (κ2) is 1.94. The summed E-state index contributed by atoms with van der Waals surface area (Å²) in [4.78, 5) is 16.0. The normalized spacial score (nSPS) is 19.6. The van der Waals surface area contributed by atoms with Gasteiger partial charge in [0.05, 0.1) is 6.34 Å². The largest absolute Gasteiger partial charge is 0.306 e. The van der Waals surface area contributed by atoms with Gasteiger partial charge in [0.2, 0.25) is 5.91 Å². The van der Waals surface area contributed by atoms with Crippen LogP contribution in [0.25, 0.3) is 0 Å². The van der Waals surface area contributed by atoms with E-state index in [1.54, 1.807) is 13.4 Å². The highest BCUT2D eigenvalue weighted by atomic mass is 16.2. The molecule has 1 aliphatic heterocycles. The molecule has 1 heterocycles. The third-order valence-corrected chi connectivity index (χ3v) is 1.10. The number of amides is 1. The van der Waals surface area contributed by atoms with Gasteiger partial charge in [-0.1, -0.05) is 0 Å². The highest BCUT2D eigenvalue weighted by Gasteiger charge is 2.07. The van der Waals surface area contributed by atoms with E-state index < -0.39 is 0 Å². The first kappa shape index (κ1) is 5.28. The van der Waals surface area contributed by atoms with E-state index in [2.05, 4.69) is 4.99 Å². The molecule has 3 heteroatoms. The van der Waals surface area contributed by atoms with Crippen molar-refractivity contribution in [2.45, 2.75) is 6.42 Å². The van der Waals surface area contributed by atoms with Gasteiger partial charge in [-0.05, 0) is 0 Å². The quantitative estimate of drug-likeness (QED) is 0.430. The molecule has 1 aliphatic rings. The maximum Gasteiger partial charge on any atom is 0.229 e. The van der Waals surface area contributed by atoms with Crippen LogP contribution in [0.5, 0.6) is 0 Å². The van der Waals surface area contributed by atoms with Gasteiger partial charge in [0.1, 0.15) is 0 Å². The van der Waals surface area contributed by atoms with E-state index in [4.69, 9.17) is 0 Å². The Morgan fingerprint density at radius 3 is 3.00 bits per heavy atom. The first-order valence-electron chi connectivity index (χ1n) is 2.56. The summed E-state index contributed by atoms with van der Waals surface area (Å²) < 4.78 is 0. The smallest absolute Gasteiger partial charge is 0.229 e. The maximum absolute atomic E-state index is 10.6. The third kappa shape index (κ3) is 0.857. The molecular weight excluding hydrogens is 104 g/mol. The van der Waals surface area contributed by atoms with Gasteiger partial charge >= 0.3 is 0 Å². The van der Waals surface area contributed by atoms with Crippen LogP contribution in [0.3, 0.4) is 0 Å². The molecular formula is C5H8N2O. The monoisotopic (exact) mass is 112 g/mol. The Labute approximate surface area is 48.0 Å². The molecule has 0 atom stereocenters. The minimum absolute atomic E-state index is 0.153. The van der Waals surface area contributed by atoms with Gasteiger partial charge in [0, 0.05) is 20.0 Å². The van der Waals surface area contributed by atoms with E-state index in [1.807, 2.05) is 0 Å². The van der Waals surface area contributed by atoms with E-state index in [1.165, 1.54) is 4.90 Å². The van der Waals surface area contributed by atoms with Gasteiger partial charge in [-0.3, -0.25) is 9.79 Å². The van der Waals surface area contributed by atoms with Crippen molar-refractivity contribution in [3.8, 4) is 0 Å². The molecule has 0 bridgehead atoms. The number of rotatable bonds is 0. The van der Waals surface area contributed by atoms with Crippen molar-refractivity contribution in [1.29, 1.82) is 0 Å². The zero-order chi connectivity index (χ0) is 5.98. The van der Waals surface area contributed by atoms with Crippen molar-refractivity contribution in [2.24, 2.45) is 4.99 Å². The first-order valence-corrected chi connectivity index (χ1v) is 2.56. The highest BCUT2D eigenvalue weighted by molar-refractivity contribution is 5.89. The average molecular weight is 112 g/mol. The van der Waals surface area contributed by atoms with Crippen molar-refractivity contribution in [3.05, 3.63) is 0 Å². The molecule has 0 saturated carbocycles. The second-order valence-electron chi connectivity index (χ2n) is 1.78. The van der Waals surface area contributed by atoms with Crippen molar-refractivity contribution >= 4 is 12.2 Å². The fourth-order valence-electron chi connectivity index (χ4n) is 0.581. The lowest BCUT2D eigenvalue weighted by Gasteiger charge is -2.13. The van der Waals surface area contributed by atoms with E-state index in [0.29, 0.717) is 13.0 Å². The lowest BCUT2D eigenvalue weighted by molar-refractivity contribution is -0.126. The summed E-state index contributed by atoms with van der Waals surface area (Å²) in [5.41, 5.74) is 0. The second-order valence-corrected chi connectivity index (χ2v) is 1.78. The Balaban J connectivity index is 2.60. The fraction of sp³-hybridized carbons (Fsp3) is 0.600. The Morgan fingerprint density at radius 1 is 1.88 bits per heavy atom. The lowest BCUT2D eigenvalue weighted by Crippen LogP contribution is -2.28. The SMILES string of the molecule is CN1C=NCCC1=O. The van der Waals surface area contributed by atoms with Gasteiger partial charge in [-0.2, -0.15) is 0 Å². The van der Waals surface area contributed by atoms with E-state index >= 15 is 0 Å². The number of carbonyl (C=O) groups is 1. The molecule has 0 spiro atoms. The lowest BCUT2D eigenvalue weighted by atomic mass is 10.3. The molecule has 44 valence electrons. The predicted octanol–water partition coefficient (Wildman–Crippen LogP) is -0.123. The minimum Gasteiger partial charge on any atom is -0.306 e. The van der Waals surface area contributed by atoms with Gasteiger partial charge in [0.15, 0.2) is 0 Å². The Bertz CT molecular complexity index is 130. The minimum atomic E-state index is 0.153. The number of hydrogen-bond acceptors (Lipinski definition) is 2. The van der Waals surface area contributed by atoms with Crippen LogP contribution >= 0.6 is 0 Å². The Kier molecular flexibility index (Phi) is 1.28. The molecule has 0 aromatic heterocycles. The Hall–Kier alpha value is -0.860. The van der Waals surface area contributed by atoms with Crippen LogP contribution in [0.15, 0.2) is 4.99 Å². The van der Waals surface area contributed by atoms with Crippen LogP contribution < -0.4 is 0 Å². The zero-order valence-corrected chi connectivity index (χ0v) is 4.79. The van der Waals surface area contributed by atoms with Crippen LogP contribution in [-0.4, -0.2) is 30.7 Å². The maximum atomic E-state index is 10.6. The van der Waals surface area contributed by atoms with E-state index in [9.17, 15) is 4.79 Å². The summed E-state index contributed by atoms with van der Waals surface area (Å²) in [5.74, 6) is 0.153. The van der Waals surface area contributed by atoms with Gasteiger partial charge in [-0.15, -0.1) is 0 Å². The molecule has 0 aromatic carbocycles. The van der Waals surface area contributed by atoms with Crippen molar-refractivity contribution in [2.75, 3.05) is 13.6 Å². The number of carbonyl (C=O) groups excluding carboxylic acids is 1. The first-order chi connectivity index (χ1) is 3.80. The van der Waals surface area contributed by atoms with Gasteiger partial charge in [-0.25, -0.2) is 0 Å². The topological polar surface area (TPSA) is 32.7 Å². The molecule has 1 rings (SSSR count). The molecule has 1 amide bonds. The fourth-order valence-corrected chi connectivity index (χ4v) is 0.581. The van der Waals surface area contributed by atoms with Crippen LogP contribution in [0, 0.1) is 0 Å². The van der Waals surface area contributed by atoms with E-state index in [-0.39, 0.29) is 5.91 Å². The molecule has 0 N–H and O–H groups in total. The van der Waals surface area contributed by atoms with Crippen LogP contribution in [-0.2, 0) is 4.79 Å². The summed E-state index contributed by atoms with van der Waals surface area (Å²) in [6.07, 6.45) is 2.12. The molecule has 8 heavy (non-hydrogen) atoms. The van der Waals surface area contributed by atoms with E-state index in [0.717, 1.165) is 0 Å². The number of aliphatic imine (C=N–C) groups is 1. The summed E-state index contributed by atoms with van der Waals surface area (Å²) in [7, 11) is 1.71. The zero-order valence-electron chi connectivity index (χ0n) is 4.79. The summed E-state index contributed by atoms with van der Waals surface area (Å²) in [6.45, 7) is 0.656. The van der Waals surface area contributed by atoms with Gasteiger partial charge in [0.25, 0.3) is 0 Å². The number of nitrogens with zero attached hydrogens (tertiary/aromatic N) is 2. The van der Waals surface area contributed by atoms with Crippen molar-refractivity contribution < 1.29 is 4.79 Å². The molecule has 0 fully saturated rings. The Morgan fingerprint density at radius 2 is 2.62 bits per heavy atom. The highest BCUT2D eigenvalue weighted by Crippen LogP contribution is 1.93. The molecule has 0 aromatic rings. The number of hydrogen-bond donors (Lipinski definition) is 0. The third-order valence-electron chi connectivity index (χ3n) is 1.10. The summed E-state index contributed by atoms with van der Waals surface area (Å²) in [6, 6.07) is 0. The molecule has 3 nitrogen and oxygen atoms in total. The molecule has 0 radical (unpaired) electrons. The van der Waals surface area contributed by atoms with Crippen LogP contribution in [0.1, 0.15) is 6.42 Å². The van der Waals surface area contributed by atoms with Gasteiger partial charge < -0.3 is 4.90 Å². The molecule has 0 unspecified atom stereocenters. The summed E-state index contributed by atoms with van der Waals surface area (Å²) >= 11 is 0. The van der Waals surface area contributed by atoms with Crippen LogP contribution in [0.4, 0.5) is 0 Å². The summed E-state index contributed by atoms with van der Waals surface area (Å²) in [5, 5.41) is 0. The standard InChI is InChI=1S/C5H8N2O/c1-7-4-6-3-2-5(7)8/h4H,2-3H2,1H3. The van der Waals surface area contributed by atoms with Crippen LogP contribution in [0.2, 0.25) is 0 Å². The average Bonchev–Trinajstić information content (AvgIpc) is 1.77. The molecule has 0 saturated heterocycles. The predicted molar refractivity (Wildman–Crippen MR) is 30.7 cm³/mol. The van der Waals surface area contributed by atoms with Crippen molar-refractivity contribution in [3.63, 3.8) is 0 Å². The molecule has 0 aliphatic carbocycles.